The Balaban J connectivity index is 2.55. The molecule has 64 valence electrons. The average molecular weight is 185 g/mol. The van der Waals surface area contributed by atoms with E-state index in [0.717, 1.165) is 0 Å². The number of fused-ring (bicyclic) bond motifs is 1. The monoisotopic (exact) mass is 185 g/mol. The van der Waals surface area contributed by atoms with Gasteiger partial charge in [0.15, 0.2) is 0 Å². The molecule has 0 amide bonds. The number of rotatable bonds is 1. The fraction of sp³-hybridized carbons (Fsp3) is 0.143. The largest absolute Gasteiger partial charge is 0.392 e. The number of aliphatic hydroxyl groups excluding tert-OH is 1. The Kier molecular flexibility index (Phi) is 1.39. The molecule has 1 aliphatic rings. The summed E-state index contributed by atoms with van der Waals surface area (Å²) in [6.45, 7) is -0.0744. The van der Waals surface area contributed by atoms with Gasteiger partial charge in [-0.2, -0.15) is 0 Å². The number of nitrogens with one attached hydrogen (secondary N) is 1. The van der Waals surface area contributed by atoms with E-state index in [1.165, 1.54) is 6.07 Å². The summed E-state index contributed by atoms with van der Waals surface area (Å²) < 4.78 is 24.2. The summed E-state index contributed by atoms with van der Waals surface area (Å²) in [6, 6.07) is 4.71. The minimum atomic E-state index is -3.20. The van der Waals surface area contributed by atoms with Gasteiger partial charge in [0.25, 0.3) is 10.0 Å². The lowest BCUT2D eigenvalue weighted by Crippen LogP contribution is -2.24. The molecule has 0 saturated carbocycles. The third-order valence-corrected chi connectivity index (χ3v) is 3.18. The Morgan fingerprint density at radius 3 is 2.67 bits per heavy atom. The van der Waals surface area contributed by atoms with E-state index in [4.69, 9.17) is 5.11 Å². The van der Waals surface area contributed by atoms with Crippen LogP contribution in [0, 0.1) is 0 Å². The van der Waals surface area contributed by atoms with Gasteiger partial charge in [-0.05, 0) is 17.7 Å². The summed E-state index contributed by atoms with van der Waals surface area (Å²) in [6.07, 6.45) is 0. The molecule has 5 heteroatoms. The summed E-state index contributed by atoms with van der Waals surface area (Å²) in [5.41, 5.74) is 1.28. The quantitative estimate of drug-likeness (QED) is 0.661. The van der Waals surface area contributed by atoms with Crippen LogP contribution in [0.15, 0.2) is 23.1 Å². The predicted molar refractivity (Wildman–Crippen MR) is 43.2 cm³/mol. The van der Waals surface area contributed by atoms with Gasteiger partial charge < -0.3 is 5.11 Å². The van der Waals surface area contributed by atoms with Crippen LogP contribution in [0.4, 0.5) is 5.69 Å². The topological polar surface area (TPSA) is 66.4 Å². The summed E-state index contributed by atoms with van der Waals surface area (Å²) in [5.74, 6) is 0. The molecule has 0 bridgehead atoms. The van der Waals surface area contributed by atoms with Crippen molar-refractivity contribution in [2.24, 2.45) is 0 Å². The maximum absolute atomic E-state index is 10.9. The first-order valence-electron chi connectivity index (χ1n) is 3.40. The second-order valence-corrected chi connectivity index (χ2v) is 4.24. The number of sulfonamides is 1. The highest BCUT2D eigenvalue weighted by atomic mass is 32.2. The molecule has 1 aliphatic heterocycles. The zero-order valence-corrected chi connectivity index (χ0v) is 6.93. The molecule has 0 radical (unpaired) electrons. The van der Waals surface area contributed by atoms with Crippen molar-refractivity contribution in [1.29, 1.82) is 0 Å². The summed E-state index contributed by atoms with van der Waals surface area (Å²) >= 11 is 0. The van der Waals surface area contributed by atoms with Gasteiger partial charge in [-0.1, -0.05) is 6.07 Å². The van der Waals surface area contributed by atoms with Crippen LogP contribution in [0.5, 0.6) is 0 Å². The molecule has 12 heavy (non-hydrogen) atoms. The summed E-state index contributed by atoms with van der Waals surface area (Å²) in [4.78, 5) is 0.305. The summed E-state index contributed by atoms with van der Waals surface area (Å²) in [5, 5.41) is 8.73. The lowest BCUT2D eigenvalue weighted by atomic mass is 10.2. The second-order valence-electron chi connectivity index (χ2n) is 2.59. The van der Waals surface area contributed by atoms with Gasteiger partial charge in [0.05, 0.1) is 12.3 Å². The van der Waals surface area contributed by atoms with Crippen molar-refractivity contribution in [2.75, 3.05) is 4.72 Å². The standard InChI is InChI=1S/C7H7NO3S/c9-4-5-1-2-7-6(3-5)8-12(7,10)11/h1-3,8-9H,4H2. The fourth-order valence-electron chi connectivity index (χ4n) is 1.14. The van der Waals surface area contributed by atoms with E-state index in [2.05, 4.69) is 4.72 Å². The molecule has 0 fully saturated rings. The Morgan fingerprint density at radius 2 is 2.17 bits per heavy atom. The number of anilines is 1. The average Bonchev–Trinajstić information content (AvgIpc) is 2.02. The maximum Gasteiger partial charge on any atom is 0.264 e. The minimum Gasteiger partial charge on any atom is -0.392 e. The van der Waals surface area contributed by atoms with Crippen molar-refractivity contribution >= 4 is 15.7 Å². The van der Waals surface area contributed by atoms with Gasteiger partial charge >= 0.3 is 0 Å². The molecule has 4 nitrogen and oxygen atoms in total. The highest BCUT2D eigenvalue weighted by Crippen LogP contribution is 2.33. The van der Waals surface area contributed by atoms with Gasteiger partial charge in [-0.15, -0.1) is 0 Å². The van der Waals surface area contributed by atoms with Crippen molar-refractivity contribution in [2.45, 2.75) is 11.5 Å². The zero-order chi connectivity index (χ0) is 8.77. The number of aliphatic hydroxyl groups is 1. The van der Waals surface area contributed by atoms with Crippen LogP contribution >= 0.6 is 0 Å². The van der Waals surface area contributed by atoms with Crippen molar-refractivity contribution < 1.29 is 13.5 Å². The maximum atomic E-state index is 10.9. The minimum absolute atomic E-state index is 0.0744. The van der Waals surface area contributed by atoms with Gasteiger partial charge in [-0.3, -0.25) is 4.72 Å². The van der Waals surface area contributed by atoms with E-state index in [9.17, 15) is 8.42 Å². The van der Waals surface area contributed by atoms with E-state index in [-0.39, 0.29) is 6.61 Å². The Labute approximate surface area is 69.9 Å². The van der Waals surface area contributed by atoms with Gasteiger partial charge in [0, 0.05) is 0 Å². The number of hydrogen-bond donors (Lipinski definition) is 2. The molecule has 1 aromatic carbocycles. The first-order chi connectivity index (χ1) is 5.63. The first kappa shape index (κ1) is 7.57. The van der Waals surface area contributed by atoms with Crippen molar-refractivity contribution in [3.05, 3.63) is 23.8 Å². The predicted octanol–water partition coefficient (Wildman–Crippen LogP) is 0.293. The van der Waals surface area contributed by atoms with Crippen molar-refractivity contribution in [3.8, 4) is 0 Å². The van der Waals surface area contributed by atoms with Crippen LogP contribution < -0.4 is 4.72 Å². The smallest absolute Gasteiger partial charge is 0.264 e. The molecular weight excluding hydrogens is 178 g/mol. The van der Waals surface area contributed by atoms with Crippen LogP contribution in [-0.4, -0.2) is 13.5 Å². The molecule has 1 aromatic rings. The lowest BCUT2D eigenvalue weighted by molar-refractivity contribution is 0.282. The van der Waals surface area contributed by atoms with Crippen LogP contribution in [0.25, 0.3) is 0 Å². The molecule has 0 aromatic heterocycles. The van der Waals surface area contributed by atoms with Crippen molar-refractivity contribution in [1.82, 2.24) is 0 Å². The van der Waals surface area contributed by atoms with E-state index >= 15 is 0 Å². The van der Waals surface area contributed by atoms with Crippen LogP contribution in [-0.2, 0) is 16.6 Å². The highest BCUT2D eigenvalue weighted by Gasteiger charge is 2.29. The van der Waals surface area contributed by atoms with E-state index in [1.54, 1.807) is 12.1 Å². The first-order valence-corrected chi connectivity index (χ1v) is 4.88. The van der Waals surface area contributed by atoms with Crippen LogP contribution in [0.1, 0.15) is 5.56 Å². The fourth-order valence-corrected chi connectivity index (χ4v) is 2.20. The molecule has 0 atom stereocenters. The second kappa shape index (κ2) is 2.21. The molecule has 2 rings (SSSR count). The van der Waals surface area contributed by atoms with E-state index in [1.807, 2.05) is 0 Å². The molecule has 0 aliphatic carbocycles. The molecule has 2 N–H and O–H groups in total. The Morgan fingerprint density at radius 1 is 1.42 bits per heavy atom. The van der Waals surface area contributed by atoms with E-state index < -0.39 is 10.0 Å². The van der Waals surface area contributed by atoms with Gasteiger partial charge in [0.2, 0.25) is 0 Å². The summed E-state index contributed by atoms with van der Waals surface area (Å²) in [7, 11) is -3.20. The Bertz CT molecular complexity index is 424. The third-order valence-electron chi connectivity index (χ3n) is 1.76. The van der Waals surface area contributed by atoms with Gasteiger partial charge in [-0.25, -0.2) is 8.42 Å². The van der Waals surface area contributed by atoms with Gasteiger partial charge in [0.1, 0.15) is 4.90 Å². The molecule has 0 saturated heterocycles. The molecule has 1 heterocycles. The normalized spacial score (nSPS) is 17.4. The highest BCUT2D eigenvalue weighted by molar-refractivity contribution is 7.94. The number of hydrogen-bond acceptors (Lipinski definition) is 3. The number of benzene rings is 1. The van der Waals surface area contributed by atoms with Crippen molar-refractivity contribution in [3.63, 3.8) is 0 Å². The third kappa shape index (κ3) is 0.904. The van der Waals surface area contributed by atoms with E-state index in [0.29, 0.717) is 16.1 Å². The molecule has 0 unspecified atom stereocenters. The molecule has 0 spiro atoms. The van der Waals surface area contributed by atoms with Crippen LogP contribution in [0.2, 0.25) is 0 Å². The van der Waals surface area contributed by atoms with Crippen LogP contribution in [0.3, 0.4) is 0 Å². The lowest BCUT2D eigenvalue weighted by Gasteiger charge is -2.21. The molecular formula is C7H7NO3S. The SMILES string of the molecule is O=S1(=O)Nc2cc(CO)ccc21. The zero-order valence-electron chi connectivity index (χ0n) is 6.11. The Hall–Kier alpha value is -1.07.